The molecule has 2 N–H and O–H groups in total. The van der Waals surface area contributed by atoms with Crippen molar-refractivity contribution in [1.82, 2.24) is 9.38 Å². The second kappa shape index (κ2) is 4.39. The van der Waals surface area contributed by atoms with E-state index < -0.39 is 0 Å². The molecule has 2 heterocycles. The van der Waals surface area contributed by atoms with E-state index >= 15 is 0 Å². The average Bonchev–Trinajstić information content (AvgIpc) is 2.72. The van der Waals surface area contributed by atoms with Crippen molar-refractivity contribution in [3.63, 3.8) is 0 Å². The number of nitrogens with two attached hydrogens (primary N) is 1. The number of hydrogen-bond acceptors (Lipinski definition) is 2. The maximum Gasteiger partial charge on any atom is 0.141 e. The van der Waals surface area contributed by atoms with Gasteiger partial charge >= 0.3 is 0 Å². The highest BCUT2D eigenvalue weighted by molar-refractivity contribution is 5.57. The van der Waals surface area contributed by atoms with Gasteiger partial charge in [-0.2, -0.15) is 0 Å². The normalized spacial score (nSPS) is 11.1. The molecule has 0 radical (unpaired) electrons. The number of imidazole rings is 1. The van der Waals surface area contributed by atoms with Crippen LogP contribution in [0.2, 0.25) is 0 Å². The standard InChI is InChI=1S/C15H14FN3/c1-10-3-2-8-19-14(17)13(18-15(10)19)9-11-4-6-12(16)7-5-11/h2-8H,9,17H2,1H3. The molecule has 0 amide bonds. The number of pyridine rings is 1. The highest BCUT2D eigenvalue weighted by atomic mass is 19.1. The number of nitrogen functional groups attached to an aromatic ring is 1. The van der Waals surface area contributed by atoms with Crippen LogP contribution in [0.1, 0.15) is 16.8 Å². The molecule has 19 heavy (non-hydrogen) atoms. The first-order valence-electron chi connectivity index (χ1n) is 6.11. The lowest BCUT2D eigenvalue weighted by Gasteiger charge is -2.00. The Bertz CT molecular complexity index is 729. The Kier molecular flexibility index (Phi) is 2.71. The van der Waals surface area contributed by atoms with Crippen molar-refractivity contribution >= 4 is 11.5 Å². The smallest absolute Gasteiger partial charge is 0.141 e. The number of hydrogen-bond donors (Lipinski definition) is 1. The minimum Gasteiger partial charge on any atom is -0.383 e. The van der Waals surface area contributed by atoms with Crippen molar-refractivity contribution in [1.29, 1.82) is 0 Å². The zero-order chi connectivity index (χ0) is 13.4. The van der Waals surface area contributed by atoms with Gasteiger partial charge in [-0.1, -0.05) is 18.2 Å². The lowest BCUT2D eigenvalue weighted by molar-refractivity contribution is 0.627. The molecular weight excluding hydrogens is 241 g/mol. The summed E-state index contributed by atoms with van der Waals surface area (Å²) in [5.41, 5.74) is 9.88. The maximum atomic E-state index is 12.9. The van der Waals surface area contributed by atoms with Gasteiger partial charge in [-0.15, -0.1) is 0 Å². The van der Waals surface area contributed by atoms with Gasteiger partial charge in [0.1, 0.15) is 17.3 Å². The summed E-state index contributed by atoms with van der Waals surface area (Å²) in [4.78, 5) is 4.57. The lowest BCUT2D eigenvalue weighted by Crippen LogP contribution is -1.97. The van der Waals surface area contributed by atoms with E-state index in [4.69, 9.17) is 5.73 Å². The van der Waals surface area contributed by atoms with Crippen molar-refractivity contribution in [3.05, 3.63) is 65.2 Å². The van der Waals surface area contributed by atoms with Crippen LogP contribution in [-0.4, -0.2) is 9.38 Å². The number of benzene rings is 1. The fraction of sp³-hybridized carbons (Fsp3) is 0.133. The van der Waals surface area contributed by atoms with Crippen molar-refractivity contribution in [2.45, 2.75) is 13.3 Å². The minimum absolute atomic E-state index is 0.234. The molecule has 3 nitrogen and oxygen atoms in total. The second-order valence-corrected chi connectivity index (χ2v) is 4.63. The van der Waals surface area contributed by atoms with E-state index in [-0.39, 0.29) is 5.82 Å². The van der Waals surface area contributed by atoms with Gasteiger partial charge in [0.25, 0.3) is 0 Å². The minimum atomic E-state index is -0.234. The molecule has 0 saturated carbocycles. The van der Waals surface area contributed by atoms with Crippen LogP contribution in [0.3, 0.4) is 0 Å². The third-order valence-corrected chi connectivity index (χ3v) is 3.24. The molecule has 0 atom stereocenters. The molecule has 0 bridgehead atoms. The third kappa shape index (κ3) is 2.05. The Morgan fingerprint density at radius 1 is 1.21 bits per heavy atom. The van der Waals surface area contributed by atoms with Gasteiger partial charge in [0.2, 0.25) is 0 Å². The van der Waals surface area contributed by atoms with E-state index in [9.17, 15) is 4.39 Å². The monoisotopic (exact) mass is 255 g/mol. The molecule has 0 aliphatic heterocycles. The van der Waals surface area contributed by atoms with Crippen LogP contribution in [0.25, 0.3) is 5.65 Å². The topological polar surface area (TPSA) is 43.3 Å². The van der Waals surface area contributed by atoms with Crippen LogP contribution in [0.15, 0.2) is 42.6 Å². The van der Waals surface area contributed by atoms with Gasteiger partial charge in [-0.25, -0.2) is 9.37 Å². The number of aromatic nitrogens is 2. The highest BCUT2D eigenvalue weighted by Gasteiger charge is 2.10. The van der Waals surface area contributed by atoms with Crippen LogP contribution < -0.4 is 5.73 Å². The number of rotatable bonds is 2. The van der Waals surface area contributed by atoms with Crippen molar-refractivity contribution in [2.24, 2.45) is 0 Å². The number of aryl methyl sites for hydroxylation is 1. The lowest BCUT2D eigenvalue weighted by atomic mass is 10.1. The molecule has 2 aromatic heterocycles. The molecule has 3 aromatic rings. The Labute approximate surface area is 110 Å². The van der Waals surface area contributed by atoms with E-state index in [2.05, 4.69) is 4.98 Å². The quantitative estimate of drug-likeness (QED) is 0.765. The maximum absolute atomic E-state index is 12.9. The SMILES string of the molecule is Cc1cccn2c(N)c(Cc3ccc(F)cc3)nc12. The highest BCUT2D eigenvalue weighted by Crippen LogP contribution is 2.20. The van der Waals surface area contributed by atoms with Gasteiger partial charge in [0, 0.05) is 12.6 Å². The van der Waals surface area contributed by atoms with E-state index in [0.29, 0.717) is 12.2 Å². The van der Waals surface area contributed by atoms with E-state index in [0.717, 1.165) is 22.5 Å². The fourth-order valence-corrected chi connectivity index (χ4v) is 2.19. The van der Waals surface area contributed by atoms with Gasteiger partial charge in [0.15, 0.2) is 0 Å². The summed E-state index contributed by atoms with van der Waals surface area (Å²) in [6.45, 7) is 2.00. The summed E-state index contributed by atoms with van der Waals surface area (Å²) >= 11 is 0. The van der Waals surface area contributed by atoms with Crippen molar-refractivity contribution < 1.29 is 4.39 Å². The Morgan fingerprint density at radius 2 is 1.95 bits per heavy atom. The molecule has 4 heteroatoms. The molecule has 96 valence electrons. The molecule has 0 spiro atoms. The van der Waals surface area contributed by atoms with Crippen LogP contribution in [0.5, 0.6) is 0 Å². The number of fused-ring (bicyclic) bond motifs is 1. The number of nitrogens with zero attached hydrogens (tertiary/aromatic N) is 2. The predicted molar refractivity (Wildman–Crippen MR) is 73.5 cm³/mol. The number of halogens is 1. The summed E-state index contributed by atoms with van der Waals surface area (Å²) < 4.78 is 14.8. The summed E-state index contributed by atoms with van der Waals surface area (Å²) in [7, 11) is 0. The van der Waals surface area contributed by atoms with Crippen LogP contribution in [0.4, 0.5) is 10.2 Å². The molecule has 0 aliphatic rings. The molecule has 0 aliphatic carbocycles. The Hall–Kier alpha value is -2.36. The largest absolute Gasteiger partial charge is 0.383 e. The van der Waals surface area contributed by atoms with E-state index in [1.807, 2.05) is 29.7 Å². The Balaban J connectivity index is 2.03. The van der Waals surface area contributed by atoms with E-state index in [1.54, 1.807) is 12.1 Å². The molecule has 3 rings (SSSR count). The first kappa shape index (κ1) is 11.7. The summed E-state index contributed by atoms with van der Waals surface area (Å²) in [6.07, 6.45) is 2.51. The van der Waals surface area contributed by atoms with Gasteiger partial charge in [-0.05, 0) is 36.2 Å². The first-order chi connectivity index (χ1) is 9.15. The van der Waals surface area contributed by atoms with Crippen molar-refractivity contribution in [3.8, 4) is 0 Å². The van der Waals surface area contributed by atoms with Crippen LogP contribution in [-0.2, 0) is 6.42 Å². The Morgan fingerprint density at radius 3 is 2.63 bits per heavy atom. The molecular formula is C15H14FN3. The second-order valence-electron chi connectivity index (χ2n) is 4.63. The van der Waals surface area contributed by atoms with Crippen molar-refractivity contribution in [2.75, 3.05) is 5.73 Å². The van der Waals surface area contributed by atoms with Gasteiger partial charge in [0.05, 0.1) is 5.69 Å². The zero-order valence-electron chi connectivity index (χ0n) is 10.6. The zero-order valence-corrected chi connectivity index (χ0v) is 10.6. The molecule has 0 unspecified atom stereocenters. The number of anilines is 1. The van der Waals surface area contributed by atoms with Crippen LogP contribution in [0, 0.1) is 12.7 Å². The summed E-state index contributed by atoms with van der Waals surface area (Å²) in [5, 5.41) is 0. The predicted octanol–water partition coefficient (Wildman–Crippen LogP) is 2.95. The van der Waals surface area contributed by atoms with Gasteiger partial charge < -0.3 is 5.73 Å². The van der Waals surface area contributed by atoms with E-state index in [1.165, 1.54) is 12.1 Å². The third-order valence-electron chi connectivity index (χ3n) is 3.24. The average molecular weight is 255 g/mol. The summed E-state index contributed by atoms with van der Waals surface area (Å²) in [5.74, 6) is 0.408. The molecule has 0 saturated heterocycles. The summed E-state index contributed by atoms with van der Waals surface area (Å²) in [6, 6.07) is 10.4. The molecule has 1 aromatic carbocycles. The first-order valence-corrected chi connectivity index (χ1v) is 6.11. The van der Waals surface area contributed by atoms with Gasteiger partial charge in [-0.3, -0.25) is 4.40 Å². The molecule has 0 fully saturated rings. The fourth-order valence-electron chi connectivity index (χ4n) is 2.19. The van der Waals surface area contributed by atoms with Crippen LogP contribution >= 0.6 is 0 Å².